The van der Waals surface area contributed by atoms with Crippen LogP contribution < -0.4 is 4.74 Å². The summed E-state index contributed by atoms with van der Waals surface area (Å²) in [5.41, 5.74) is 1.38. The average molecular weight is 337 g/mol. The van der Waals surface area contributed by atoms with Crippen molar-refractivity contribution in [3.05, 3.63) is 29.8 Å². The summed E-state index contributed by atoms with van der Waals surface area (Å²) in [6, 6.07) is 8.40. The van der Waals surface area contributed by atoms with Crippen LogP contribution in [-0.4, -0.2) is 30.5 Å². The van der Waals surface area contributed by atoms with E-state index in [1.165, 1.54) is 50.5 Å². The molecule has 0 heterocycles. The molecule has 0 aliphatic rings. The zero-order chi connectivity index (χ0) is 17.6. The molecule has 0 aliphatic carbocycles. The van der Waals surface area contributed by atoms with Gasteiger partial charge in [0.2, 0.25) is 0 Å². The zero-order valence-corrected chi connectivity index (χ0v) is 15.8. The van der Waals surface area contributed by atoms with Gasteiger partial charge in [-0.3, -0.25) is 0 Å². The van der Waals surface area contributed by atoms with Crippen LogP contribution in [0.4, 0.5) is 0 Å². The molecule has 3 heteroatoms. The van der Waals surface area contributed by atoms with E-state index in [1.54, 1.807) is 6.92 Å². The number of unbranched alkanes of at least 4 members (excludes halogenated alkanes) is 6. The van der Waals surface area contributed by atoms with Crippen LogP contribution in [0.2, 0.25) is 0 Å². The summed E-state index contributed by atoms with van der Waals surface area (Å²) in [5, 5.41) is 9.19. The molecule has 1 N–H and O–H groups in total. The van der Waals surface area contributed by atoms with E-state index in [0.717, 1.165) is 12.2 Å². The van der Waals surface area contributed by atoms with Crippen molar-refractivity contribution in [3.8, 4) is 5.75 Å². The topological polar surface area (TPSA) is 38.7 Å². The maximum atomic E-state index is 9.19. The first-order chi connectivity index (χ1) is 11.6. The highest BCUT2D eigenvalue weighted by Gasteiger charge is 2.05. The smallest absolute Gasteiger partial charge is 0.119 e. The Morgan fingerprint density at radius 1 is 0.875 bits per heavy atom. The van der Waals surface area contributed by atoms with E-state index in [1.807, 2.05) is 19.1 Å². The summed E-state index contributed by atoms with van der Waals surface area (Å²) in [7, 11) is 0. The molecule has 0 aliphatic heterocycles. The van der Waals surface area contributed by atoms with Crippen molar-refractivity contribution in [1.82, 2.24) is 0 Å². The number of rotatable bonds is 14. The number of aliphatic hydroxyl groups excluding tert-OH is 1. The maximum Gasteiger partial charge on any atom is 0.119 e. The van der Waals surface area contributed by atoms with Gasteiger partial charge in [-0.2, -0.15) is 0 Å². The van der Waals surface area contributed by atoms with Crippen LogP contribution in [0.1, 0.15) is 71.3 Å². The van der Waals surface area contributed by atoms with E-state index in [9.17, 15) is 5.11 Å². The Balaban J connectivity index is 2.14. The van der Waals surface area contributed by atoms with Crippen LogP contribution in [-0.2, 0) is 11.2 Å². The SMILES string of the molecule is CCCCCCCCCc1ccc(OCC(C)OCC(C)O)cc1. The molecule has 2 unspecified atom stereocenters. The lowest BCUT2D eigenvalue weighted by atomic mass is 10.0. The molecule has 0 bridgehead atoms. The molecule has 0 aromatic heterocycles. The number of aliphatic hydroxyl groups is 1. The van der Waals surface area contributed by atoms with Crippen LogP contribution in [0.25, 0.3) is 0 Å². The summed E-state index contributed by atoms with van der Waals surface area (Å²) >= 11 is 0. The minimum absolute atomic E-state index is 0.0213. The predicted octanol–water partition coefficient (Wildman–Crippen LogP) is 5.14. The maximum absolute atomic E-state index is 9.19. The second-order valence-electron chi connectivity index (χ2n) is 6.82. The fourth-order valence-electron chi connectivity index (χ4n) is 2.60. The lowest BCUT2D eigenvalue weighted by molar-refractivity contribution is -0.0132. The molecule has 2 atom stereocenters. The molecule has 1 rings (SSSR count). The molecule has 1 aromatic rings. The van der Waals surface area contributed by atoms with Gasteiger partial charge in [-0.25, -0.2) is 0 Å². The van der Waals surface area contributed by atoms with E-state index in [4.69, 9.17) is 9.47 Å². The van der Waals surface area contributed by atoms with Gasteiger partial charge >= 0.3 is 0 Å². The Bertz CT molecular complexity index is 400. The highest BCUT2D eigenvalue weighted by Crippen LogP contribution is 2.15. The Morgan fingerprint density at radius 2 is 1.50 bits per heavy atom. The number of ether oxygens (including phenoxy) is 2. The quantitative estimate of drug-likeness (QED) is 0.478. The Labute approximate surface area is 148 Å². The second-order valence-corrected chi connectivity index (χ2v) is 6.82. The standard InChI is InChI=1S/C21H36O3/c1-4-5-6-7-8-9-10-11-20-12-14-21(15-13-20)24-17-19(3)23-16-18(2)22/h12-15,18-19,22H,4-11,16-17H2,1-3H3. The molecule has 0 spiro atoms. The molecular weight excluding hydrogens is 300 g/mol. The van der Waals surface area contributed by atoms with E-state index >= 15 is 0 Å². The minimum atomic E-state index is -0.432. The third-order valence-corrected chi connectivity index (χ3v) is 4.10. The van der Waals surface area contributed by atoms with Crippen molar-refractivity contribution in [2.24, 2.45) is 0 Å². The van der Waals surface area contributed by atoms with Gasteiger partial charge in [0.25, 0.3) is 0 Å². The zero-order valence-electron chi connectivity index (χ0n) is 15.8. The van der Waals surface area contributed by atoms with Crippen molar-refractivity contribution in [1.29, 1.82) is 0 Å². The molecular formula is C21H36O3. The average Bonchev–Trinajstić information content (AvgIpc) is 2.58. The predicted molar refractivity (Wildman–Crippen MR) is 101 cm³/mol. The van der Waals surface area contributed by atoms with Crippen LogP contribution in [0.3, 0.4) is 0 Å². The summed E-state index contributed by atoms with van der Waals surface area (Å²) in [6.45, 7) is 6.79. The Morgan fingerprint density at radius 3 is 2.12 bits per heavy atom. The van der Waals surface area contributed by atoms with Crippen LogP contribution in [0, 0.1) is 0 Å². The molecule has 3 nitrogen and oxygen atoms in total. The molecule has 138 valence electrons. The number of benzene rings is 1. The lowest BCUT2D eigenvalue weighted by Crippen LogP contribution is -2.22. The Kier molecular flexibility index (Phi) is 11.6. The summed E-state index contributed by atoms with van der Waals surface area (Å²) in [4.78, 5) is 0. The van der Waals surface area contributed by atoms with Crippen molar-refractivity contribution < 1.29 is 14.6 Å². The van der Waals surface area contributed by atoms with Crippen molar-refractivity contribution in [2.45, 2.75) is 84.3 Å². The highest BCUT2D eigenvalue weighted by molar-refractivity contribution is 5.27. The van der Waals surface area contributed by atoms with Gasteiger partial charge in [0.15, 0.2) is 0 Å². The van der Waals surface area contributed by atoms with Crippen molar-refractivity contribution >= 4 is 0 Å². The third-order valence-electron chi connectivity index (χ3n) is 4.10. The van der Waals surface area contributed by atoms with Gasteiger partial charge in [-0.15, -0.1) is 0 Å². The van der Waals surface area contributed by atoms with E-state index in [-0.39, 0.29) is 6.10 Å². The fourth-order valence-corrected chi connectivity index (χ4v) is 2.60. The molecule has 24 heavy (non-hydrogen) atoms. The molecule has 0 saturated heterocycles. The van der Waals surface area contributed by atoms with Crippen molar-refractivity contribution in [2.75, 3.05) is 13.2 Å². The first-order valence-corrected chi connectivity index (χ1v) is 9.63. The number of hydrogen-bond donors (Lipinski definition) is 1. The van der Waals surface area contributed by atoms with Gasteiger partial charge in [0.1, 0.15) is 12.4 Å². The molecule has 0 fully saturated rings. The van der Waals surface area contributed by atoms with E-state index < -0.39 is 6.10 Å². The van der Waals surface area contributed by atoms with Gasteiger partial charge < -0.3 is 14.6 Å². The summed E-state index contributed by atoms with van der Waals surface area (Å²) < 4.78 is 11.2. The first-order valence-electron chi connectivity index (χ1n) is 9.63. The van der Waals surface area contributed by atoms with Crippen molar-refractivity contribution in [3.63, 3.8) is 0 Å². The first kappa shape index (κ1) is 21.0. The van der Waals surface area contributed by atoms with Gasteiger partial charge in [-0.05, 0) is 44.4 Å². The highest BCUT2D eigenvalue weighted by atomic mass is 16.5. The van der Waals surface area contributed by atoms with Crippen LogP contribution in [0.5, 0.6) is 5.75 Å². The molecule has 0 saturated carbocycles. The van der Waals surface area contributed by atoms with Gasteiger partial charge in [-0.1, -0.05) is 57.6 Å². The number of aryl methyl sites for hydroxylation is 1. The molecule has 1 aromatic carbocycles. The van der Waals surface area contributed by atoms with E-state index in [2.05, 4.69) is 19.1 Å². The van der Waals surface area contributed by atoms with Gasteiger partial charge in [0.05, 0.1) is 18.8 Å². The monoisotopic (exact) mass is 336 g/mol. The lowest BCUT2D eigenvalue weighted by Gasteiger charge is -2.15. The third kappa shape index (κ3) is 10.7. The van der Waals surface area contributed by atoms with Gasteiger partial charge in [0, 0.05) is 0 Å². The largest absolute Gasteiger partial charge is 0.491 e. The Hall–Kier alpha value is -1.06. The van der Waals surface area contributed by atoms with E-state index in [0.29, 0.717) is 13.2 Å². The molecule has 0 amide bonds. The molecule has 0 radical (unpaired) electrons. The van der Waals surface area contributed by atoms with Crippen LogP contribution in [0.15, 0.2) is 24.3 Å². The van der Waals surface area contributed by atoms with Crippen LogP contribution >= 0.6 is 0 Å². The summed E-state index contributed by atoms with van der Waals surface area (Å²) in [6.07, 6.45) is 10.1. The minimum Gasteiger partial charge on any atom is -0.491 e. The normalized spacial score (nSPS) is 13.7. The fraction of sp³-hybridized carbons (Fsp3) is 0.714. The number of hydrogen-bond acceptors (Lipinski definition) is 3. The summed E-state index contributed by atoms with van der Waals surface area (Å²) in [5.74, 6) is 0.880. The second kappa shape index (κ2) is 13.3.